The average molecular weight is 449 g/mol. The van der Waals surface area contributed by atoms with Crippen LogP contribution in [0.1, 0.15) is 18.4 Å². The van der Waals surface area contributed by atoms with Crippen LogP contribution in [-0.4, -0.2) is 66.9 Å². The second kappa shape index (κ2) is 12.2. The fourth-order valence-corrected chi connectivity index (χ4v) is 3.24. The Morgan fingerprint density at radius 1 is 1.24 bits per heavy atom. The highest BCUT2D eigenvalue weighted by Gasteiger charge is 2.30. The summed E-state index contributed by atoms with van der Waals surface area (Å²) in [6.45, 7) is 2.22. The topological polar surface area (TPSA) is 135 Å². The van der Waals surface area contributed by atoms with Crippen LogP contribution in [0.4, 0.5) is 11.5 Å². The summed E-state index contributed by atoms with van der Waals surface area (Å²) in [5, 5.41) is 21.1. The summed E-state index contributed by atoms with van der Waals surface area (Å²) in [6, 6.07) is 14.2. The van der Waals surface area contributed by atoms with Gasteiger partial charge in [-0.1, -0.05) is 12.1 Å². The molecule has 2 amide bonds. The highest BCUT2D eigenvalue weighted by atomic mass is 16.2. The maximum atomic E-state index is 12.5. The molecule has 3 rings (SSSR count). The second-order valence-corrected chi connectivity index (χ2v) is 7.51. The van der Waals surface area contributed by atoms with E-state index < -0.39 is 6.04 Å². The number of nitrogens with zero attached hydrogens (tertiary/aromatic N) is 4. The summed E-state index contributed by atoms with van der Waals surface area (Å²) in [7, 11) is 1.62. The predicted molar refractivity (Wildman–Crippen MR) is 127 cm³/mol. The first-order valence-corrected chi connectivity index (χ1v) is 10.8. The van der Waals surface area contributed by atoms with Gasteiger partial charge in [-0.15, -0.1) is 0 Å². The normalized spacial score (nSPS) is 15.1. The van der Waals surface area contributed by atoms with E-state index in [2.05, 4.69) is 37.3 Å². The minimum absolute atomic E-state index is 0.120. The maximum absolute atomic E-state index is 12.5. The molecule has 2 heterocycles. The molecule has 10 heteroatoms. The molecule has 1 aliphatic rings. The molecule has 2 aromatic rings. The lowest BCUT2D eigenvalue weighted by molar-refractivity contribution is -0.138. The highest BCUT2D eigenvalue weighted by Crippen LogP contribution is 2.09. The maximum Gasteiger partial charge on any atom is 0.251 e. The Balaban J connectivity index is 1.32. The zero-order valence-electron chi connectivity index (χ0n) is 18.5. The summed E-state index contributed by atoms with van der Waals surface area (Å²) < 4.78 is 0. The molecule has 0 fully saturated rings. The van der Waals surface area contributed by atoms with E-state index in [1.54, 1.807) is 31.4 Å². The van der Waals surface area contributed by atoms with Crippen LogP contribution < -0.4 is 21.3 Å². The van der Waals surface area contributed by atoms with Crippen molar-refractivity contribution in [1.82, 2.24) is 20.5 Å². The lowest BCUT2D eigenvalue weighted by Crippen LogP contribution is -2.55. The van der Waals surface area contributed by atoms with Gasteiger partial charge in [-0.05, 0) is 43.3 Å². The molecule has 0 saturated carbocycles. The molecule has 172 valence electrons. The number of hydrogen-bond donors (Lipinski definition) is 4. The smallest absolute Gasteiger partial charge is 0.251 e. The van der Waals surface area contributed by atoms with Gasteiger partial charge >= 0.3 is 0 Å². The molecule has 1 aromatic heterocycles. The first kappa shape index (κ1) is 23.7. The van der Waals surface area contributed by atoms with E-state index in [0.29, 0.717) is 30.3 Å². The number of carbonyl (C=O) groups excluding carboxylic acids is 2. The van der Waals surface area contributed by atoms with Crippen molar-refractivity contribution in [3.8, 4) is 6.07 Å². The van der Waals surface area contributed by atoms with Gasteiger partial charge in [0.15, 0.2) is 0 Å². The third kappa shape index (κ3) is 7.29. The molecule has 4 N–H and O–H groups in total. The van der Waals surface area contributed by atoms with Gasteiger partial charge in [0.05, 0.1) is 18.2 Å². The van der Waals surface area contributed by atoms with E-state index >= 15 is 0 Å². The molecule has 0 radical (unpaired) electrons. The first-order valence-electron chi connectivity index (χ1n) is 10.8. The highest BCUT2D eigenvalue weighted by molar-refractivity contribution is 6.07. The number of anilines is 2. The van der Waals surface area contributed by atoms with E-state index in [-0.39, 0.29) is 18.4 Å². The Morgan fingerprint density at radius 2 is 2.12 bits per heavy atom. The predicted octanol–water partition coefficient (Wildman–Crippen LogP) is 1.16. The van der Waals surface area contributed by atoms with E-state index in [4.69, 9.17) is 5.26 Å². The Kier molecular flexibility index (Phi) is 8.73. The number of carbonyl (C=O) groups is 2. The molecule has 0 bridgehead atoms. The van der Waals surface area contributed by atoms with Crippen LogP contribution in [0.3, 0.4) is 0 Å². The number of benzene rings is 1. The monoisotopic (exact) mass is 448 g/mol. The van der Waals surface area contributed by atoms with Crippen molar-refractivity contribution in [1.29, 1.82) is 5.26 Å². The van der Waals surface area contributed by atoms with E-state index in [0.717, 1.165) is 25.2 Å². The van der Waals surface area contributed by atoms with Crippen molar-refractivity contribution in [3.63, 3.8) is 0 Å². The number of pyridine rings is 1. The van der Waals surface area contributed by atoms with Gasteiger partial charge in [0.1, 0.15) is 11.9 Å². The van der Waals surface area contributed by atoms with Gasteiger partial charge in [0.25, 0.3) is 5.91 Å². The number of hydrogen-bond acceptors (Lipinski definition) is 8. The third-order valence-corrected chi connectivity index (χ3v) is 5.11. The minimum atomic E-state index is -0.639. The summed E-state index contributed by atoms with van der Waals surface area (Å²) in [5.41, 5.74) is 1.54. The van der Waals surface area contributed by atoms with Crippen LogP contribution in [0, 0.1) is 11.3 Å². The number of rotatable bonds is 10. The number of guanidine groups is 1. The van der Waals surface area contributed by atoms with Gasteiger partial charge in [-0.25, -0.2) is 9.98 Å². The van der Waals surface area contributed by atoms with Crippen LogP contribution in [0.15, 0.2) is 53.7 Å². The van der Waals surface area contributed by atoms with E-state index in [1.165, 1.54) is 4.90 Å². The standard InChI is InChI=1S/C23H28N8O2/c1-31(19-16-28-23(30-22(19)33)29-20-8-2-3-11-27-20)21(32)9-13-25-10-5-12-26-18-7-4-6-17(14-18)15-24/h2-4,6-8,11,14,19,25-26H,5,9-10,12-13,16H2,1H3,(H2,27,28,29,30,33). The molecule has 33 heavy (non-hydrogen) atoms. The SMILES string of the molecule is CN(C(=O)CCNCCCNc1cccc(C#N)c1)C1CN=C(Nc2ccccn2)NC1=O. The number of amides is 2. The van der Waals surface area contributed by atoms with Crippen molar-refractivity contribution in [2.24, 2.45) is 4.99 Å². The number of likely N-dealkylation sites (N-methyl/N-ethyl adjacent to an activating group) is 1. The minimum Gasteiger partial charge on any atom is -0.385 e. The fraction of sp³-hybridized carbons (Fsp3) is 0.348. The molecular weight excluding hydrogens is 420 g/mol. The van der Waals surface area contributed by atoms with Crippen LogP contribution >= 0.6 is 0 Å². The molecule has 1 aromatic carbocycles. The summed E-state index contributed by atoms with van der Waals surface area (Å²) in [6.07, 6.45) is 2.80. The van der Waals surface area contributed by atoms with Crippen molar-refractivity contribution in [2.75, 3.05) is 43.9 Å². The molecule has 10 nitrogen and oxygen atoms in total. The summed E-state index contributed by atoms with van der Waals surface area (Å²) in [5.74, 6) is 0.506. The second-order valence-electron chi connectivity index (χ2n) is 7.51. The average Bonchev–Trinajstić information content (AvgIpc) is 2.84. The van der Waals surface area contributed by atoms with Crippen molar-refractivity contribution >= 4 is 29.3 Å². The van der Waals surface area contributed by atoms with Crippen LogP contribution in [0.5, 0.6) is 0 Å². The Labute approximate surface area is 193 Å². The van der Waals surface area contributed by atoms with Gasteiger partial charge in [-0.2, -0.15) is 5.26 Å². The summed E-state index contributed by atoms with van der Waals surface area (Å²) >= 11 is 0. The van der Waals surface area contributed by atoms with Crippen molar-refractivity contribution in [2.45, 2.75) is 18.9 Å². The number of aliphatic imine (C=N–C) groups is 1. The zero-order chi connectivity index (χ0) is 23.5. The Bertz CT molecular complexity index is 1020. The number of nitriles is 1. The molecule has 1 aliphatic heterocycles. The number of nitrogens with one attached hydrogen (secondary N) is 4. The lowest BCUT2D eigenvalue weighted by atomic mass is 10.2. The fourth-order valence-electron chi connectivity index (χ4n) is 3.24. The van der Waals surface area contributed by atoms with Crippen LogP contribution in [-0.2, 0) is 9.59 Å². The van der Waals surface area contributed by atoms with Crippen LogP contribution in [0.25, 0.3) is 0 Å². The van der Waals surface area contributed by atoms with Gasteiger partial charge in [0, 0.05) is 38.4 Å². The van der Waals surface area contributed by atoms with Gasteiger partial charge < -0.3 is 20.9 Å². The molecule has 1 unspecified atom stereocenters. The quantitative estimate of drug-likeness (QED) is 0.401. The number of aromatic nitrogens is 1. The molecular formula is C23H28N8O2. The van der Waals surface area contributed by atoms with Gasteiger partial charge in [-0.3, -0.25) is 14.9 Å². The van der Waals surface area contributed by atoms with E-state index in [9.17, 15) is 9.59 Å². The molecule has 0 saturated heterocycles. The Morgan fingerprint density at radius 3 is 2.88 bits per heavy atom. The molecule has 0 spiro atoms. The molecule has 1 atom stereocenters. The first-order chi connectivity index (χ1) is 16.1. The van der Waals surface area contributed by atoms with Crippen LogP contribution in [0.2, 0.25) is 0 Å². The molecule has 0 aliphatic carbocycles. The third-order valence-electron chi connectivity index (χ3n) is 5.11. The van der Waals surface area contributed by atoms with E-state index in [1.807, 2.05) is 24.3 Å². The summed E-state index contributed by atoms with van der Waals surface area (Å²) in [4.78, 5) is 34.9. The zero-order valence-corrected chi connectivity index (χ0v) is 18.5. The van der Waals surface area contributed by atoms with Gasteiger partial charge in [0.2, 0.25) is 11.9 Å². The lowest BCUT2D eigenvalue weighted by Gasteiger charge is -2.29. The Hall–Kier alpha value is -3.97. The largest absolute Gasteiger partial charge is 0.385 e. The van der Waals surface area contributed by atoms with Crippen molar-refractivity contribution < 1.29 is 9.59 Å². The van der Waals surface area contributed by atoms with Crippen molar-refractivity contribution in [3.05, 3.63) is 54.2 Å².